The van der Waals surface area contributed by atoms with Crippen LogP contribution < -0.4 is 0 Å². The lowest BCUT2D eigenvalue weighted by molar-refractivity contribution is -0.192. The molecule has 2 fully saturated rings. The summed E-state index contributed by atoms with van der Waals surface area (Å²) in [4.78, 5) is 40.3. The second kappa shape index (κ2) is 7.89. The fourth-order valence-corrected chi connectivity index (χ4v) is 3.12. The van der Waals surface area contributed by atoms with Gasteiger partial charge in [0, 0.05) is 25.7 Å². The van der Waals surface area contributed by atoms with Crippen molar-refractivity contribution >= 4 is 17.8 Å². The predicted octanol–water partition coefficient (Wildman–Crippen LogP) is 1.23. The third kappa shape index (κ3) is 4.92. The molecule has 0 unspecified atom stereocenters. The number of likely N-dealkylation sites (N-methyl/N-ethyl adjacent to an activating group) is 1. The van der Waals surface area contributed by atoms with E-state index in [0.29, 0.717) is 18.7 Å². The Labute approximate surface area is 151 Å². The molecule has 0 aliphatic carbocycles. The normalized spacial score (nSPS) is 21.6. The van der Waals surface area contributed by atoms with Gasteiger partial charge in [-0.1, -0.05) is 0 Å². The molecule has 2 aliphatic rings. The smallest absolute Gasteiger partial charge is 0.475 e. The molecular formula is C16H17F4N3O4. The minimum absolute atomic E-state index is 0.0135. The van der Waals surface area contributed by atoms with Crippen LogP contribution in [0, 0.1) is 5.82 Å². The Balaban J connectivity index is 0.000000321. The molecule has 1 aromatic heterocycles. The van der Waals surface area contributed by atoms with Gasteiger partial charge in [-0.15, -0.1) is 0 Å². The number of aromatic nitrogens is 1. The molecule has 1 N–H and O–H groups in total. The average molecular weight is 391 g/mol. The summed E-state index contributed by atoms with van der Waals surface area (Å²) in [5.74, 6) is -3.12. The minimum Gasteiger partial charge on any atom is -0.475 e. The SMILES string of the molecule is CN1C(=O)C[C@@H]2[C@@H]1CCN2C(=O)Cc1ccc(F)cn1.O=C(O)C(F)(F)F. The number of nitrogens with zero attached hydrogens (tertiary/aromatic N) is 3. The summed E-state index contributed by atoms with van der Waals surface area (Å²) in [6.45, 7) is 0.674. The highest BCUT2D eigenvalue weighted by molar-refractivity contribution is 5.84. The first-order chi connectivity index (χ1) is 12.5. The molecule has 0 spiro atoms. The standard InChI is InChI=1S/C14H16FN3O2.C2HF3O2/c1-17-11-4-5-18(12(11)7-13(17)19)14(20)6-10-3-2-9(15)8-16-10;3-2(4,5)1(6)7/h2-3,8,11-12H,4-7H2,1H3;(H,6,7)/t11-,12+;/m0./s1. The Morgan fingerprint density at radius 3 is 2.44 bits per heavy atom. The molecule has 3 heterocycles. The maximum Gasteiger partial charge on any atom is 0.490 e. The number of halogens is 4. The van der Waals surface area contributed by atoms with E-state index in [-0.39, 0.29) is 30.3 Å². The van der Waals surface area contributed by atoms with Crippen molar-refractivity contribution in [3.8, 4) is 0 Å². The molecule has 0 saturated carbocycles. The van der Waals surface area contributed by atoms with Gasteiger partial charge >= 0.3 is 12.1 Å². The monoisotopic (exact) mass is 391 g/mol. The lowest BCUT2D eigenvalue weighted by atomic mass is 10.1. The van der Waals surface area contributed by atoms with E-state index in [1.54, 1.807) is 16.8 Å². The van der Waals surface area contributed by atoms with Crippen LogP contribution in [0.2, 0.25) is 0 Å². The van der Waals surface area contributed by atoms with Crippen LogP contribution in [0.15, 0.2) is 18.3 Å². The molecule has 3 rings (SSSR count). The summed E-state index contributed by atoms with van der Waals surface area (Å²) in [7, 11) is 1.79. The van der Waals surface area contributed by atoms with Gasteiger partial charge < -0.3 is 14.9 Å². The molecule has 2 aliphatic heterocycles. The zero-order valence-corrected chi connectivity index (χ0v) is 14.2. The second-order valence-electron chi connectivity index (χ2n) is 6.17. The predicted molar refractivity (Wildman–Crippen MR) is 82.9 cm³/mol. The van der Waals surface area contributed by atoms with Gasteiger partial charge in [-0.25, -0.2) is 9.18 Å². The van der Waals surface area contributed by atoms with Crippen LogP contribution >= 0.6 is 0 Å². The zero-order valence-electron chi connectivity index (χ0n) is 14.2. The summed E-state index contributed by atoms with van der Waals surface area (Å²) in [6.07, 6.45) is -2.58. The molecule has 7 nitrogen and oxygen atoms in total. The highest BCUT2D eigenvalue weighted by Gasteiger charge is 2.46. The van der Waals surface area contributed by atoms with Crippen LogP contribution in [-0.2, 0) is 20.8 Å². The van der Waals surface area contributed by atoms with Crippen molar-refractivity contribution in [1.29, 1.82) is 0 Å². The number of amides is 2. The Morgan fingerprint density at radius 1 is 1.30 bits per heavy atom. The van der Waals surface area contributed by atoms with Gasteiger partial charge in [-0.3, -0.25) is 14.6 Å². The zero-order chi connectivity index (χ0) is 20.4. The maximum atomic E-state index is 12.8. The van der Waals surface area contributed by atoms with Gasteiger partial charge in [0.1, 0.15) is 5.82 Å². The van der Waals surface area contributed by atoms with Crippen molar-refractivity contribution in [2.45, 2.75) is 37.5 Å². The highest BCUT2D eigenvalue weighted by Crippen LogP contribution is 2.31. The van der Waals surface area contributed by atoms with E-state index in [1.165, 1.54) is 12.1 Å². The van der Waals surface area contributed by atoms with Crippen molar-refractivity contribution in [3.05, 3.63) is 29.8 Å². The summed E-state index contributed by atoms with van der Waals surface area (Å²) >= 11 is 0. The Bertz CT molecular complexity index is 723. The Kier molecular flexibility index (Phi) is 6.01. The number of likely N-dealkylation sites (tertiary alicyclic amines) is 2. The number of aliphatic carboxylic acids is 1. The molecule has 27 heavy (non-hydrogen) atoms. The van der Waals surface area contributed by atoms with Crippen molar-refractivity contribution in [1.82, 2.24) is 14.8 Å². The van der Waals surface area contributed by atoms with Crippen LogP contribution in [0.25, 0.3) is 0 Å². The molecule has 0 radical (unpaired) electrons. The second-order valence-corrected chi connectivity index (χ2v) is 6.17. The average Bonchev–Trinajstić information content (AvgIpc) is 3.10. The van der Waals surface area contributed by atoms with E-state index in [1.807, 2.05) is 0 Å². The molecule has 2 saturated heterocycles. The third-order valence-corrected chi connectivity index (χ3v) is 4.47. The van der Waals surface area contributed by atoms with E-state index in [0.717, 1.165) is 12.6 Å². The maximum absolute atomic E-state index is 12.8. The van der Waals surface area contributed by atoms with Crippen LogP contribution in [-0.4, -0.2) is 69.5 Å². The van der Waals surface area contributed by atoms with Crippen molar-refractivity contribution in [3.63, 3.8) is 0 Å². The number of pyridine rings is 1. The van der Waals surface area contributed by atoms with Gasteiger partial charge in [0.15, 0.2) is 0 Å². The van der Waals surface area contributed by atoms with Crippen LogP contribution in [0.1, 0.15) is 18.5 Å². The Hall–Kier alpha value is -2.72. The molecule has 148 valence electrons. The summed E-state index contributed by atoms with van der Waals surface area (Å²) < 4.78 is 44.5. The minimum atomic E-state index is -5.08. The topological polar surface area (TPSA) is 90.8 Å². The Morgan fingerprint density at radius 2 is 1.93 bits per heavy atom. The number of carbonyl (C=O) groups excluding carboxylic acids is 2. The first-order valence-electron chi connectivity index (χ1n) is 7.96. The molecule has 0 bridgehead atoms. The first-order valence-corrected chi connectivity index (χ1v) is 7.96. The lowest BCUT2D eigenvalue weighted by Crippen LogP contribution is -2.39. The molecule has 1 aromatic rings. The van der Waals surface area contributed by atoms with Crippen LogP contribution in [0.5, 0.6) is 0 Å². The number of hydrogen-bond donors (Lipinski definition) is 1. The van der Waals surface area contributed by atoms with Crippen LogP contribution in [0.4, 0.5) is 17.6 Å². The largest absolute Gasteiger partial charge is 0.490 e. The molecule has 11 heteroatoms. The summed E-state index contributed by atoms with van der Waals surface area (Å²) in [6, 6.07) is 2.95. The molecule has 2 amide bonds. The number of carbonyl (C=O) groups is 3. The van der Waals surface area contributed by atoms with E-state index in [9.17, 15) is 27.2 Å². The summed E-state index contributed by atoms with van der Waals surface area (Å²) in [5.41, 5.74) is 0.553. The van der Waals surface area contributed by atoms with Crippen molar-refractivity contribution in [2.75, 3.05) is 13.6 Å². The molecule has 2 atom stereocenters. The van der Waals surface area contributed by atoms with Gasteiger partial charge in [0.2, 0.25) is 11.8 Å². The highest BCUT2D eigenvalue weighted by atomic mass is 19.4. The van der Waals surface area contributed by atoms with Gasteiger partial charge in [0.05, 0.1) is 24.7 Å². The van der Waals surface area contributed by atoms with E-state index in [4.69, 9.17) is 9.90 Å². The van der Waals surface area contributed by atoms with Crippen LogP contribution in [0.3, 0.4) is 0 Å². The van der Waals surface area contributed by atoms with E-state index < -0.39 is 18.0 Å². The van der Waals surface area contributed by atoms with Crippen molar-refractivity contribution < 1.29 is 37.1 Å². The lowest BCUT2D eigenvalue weighted by Gasteiger charge is -2.23. The third-order valence-electron chi connectivity index (χ3n) is 4.47. The number of hydrogen-bond acceptors (Lipinski definition) is 4. The number of carboxylic acids is 1. The van der Waals surface area contributed by atoms with Gasteiger partial charge in [-0.05, 0) is 18.6 Å². The number of carboxylic acid groups (broad SMARTS) is 1. The van der Waals surface area contributed by atoms with Crippen molar-refractivity contribution in [2.24, 2.45) is 0 Å². The van der Waals surface area contributed by atoms with Gasteiger partial charge in [-0.2, -0.15) is 13.2 Å². The summed E-state index contributed by atoms with van der Waals surface area (Å²) in [5, 5.41) is 7.12. The molecular weight excluding hydrogens is 374 g/mol. The first kappa shape index (κ1) is 20.6. The number of fused-ring (bicyclic) bond motifs is 1. The number of rotatable bonds is 2. The fraction of sp³-hybridized carbons (Fsp3) is 0.500. The fourth-order valence-electron chi connectivity index (χ4n) is 3.12. The quantitative estimate of drug-likeness (QED) is 0.766. The molecule has 0 aromatic carbocycles. The van der Waals surface area contributed by atoms with Gasteiger partial charge in [0.25, 0.3) is 0 Å². The number of alkyl halides is 3. The van der Waals surface area contributed by atoms with E-state index >= 15 is 0 Å². The van der Waals surface area contributed by atoms with E-state index in [2.05, 4.69) is 4.98 Å².